The number of aryl methyl sites for hydroxylation is 1. The number of rotatable bonds is 7. The van der Waals surface area contributed by atoms with Gasteiger partial charge in [0.1, 0.15) is 23.3 Å². The van der Waals surface area contributed by atoms with E-state index in [1.54, 1.807) is 17.9 Å². The number of carbonyl (C=O) groups excluding carboxylic acids is 1. The van der Waals surface area contributed by atoms with E-state index in [0.29, 0.717) is 19.6 Å². The first-order chi connectivity index (χ1) is 14.4. The molecular weight excluding hydrogens is 406 g/mol. The van der Waals surface area contributed by atoms with Gasteiger partial charge in [0.05, 0.1) is 6.54 Å². The van der Waals surface area contributed by atoms with Gasteiger partial charge in [0.25, 0.3) is 5.91 Å². The Morgan fingerprint density at radius 2 is 1.93 bits per heavy atom. The lowest BCUT2D eigenvalue weighted by Gasteiger charge is -2.14. The Kier molecular flexibility index (Phi) is 5.69. The summed E-state index contributed by atoms with van der Waals surface area (Å²) < 4.78 is 34.2. The van der Waals surface area contributed by atoms with Crippen molar-refractivity contribution < 1.29 is 17.6 Å². The number of hydrogen-bond acceptors (Lipinski definition) is 6. The lowest BCUT2D eigenvalue weighted by molar-refractivity contribution is 0.0921. The monoisotopic (exact) mass is 429 g/mol. The van der Waals surface area contributed by atoms with E-state index in [1.807, 2.05) is 24.3 Å². The second-order valence-electron chi connectivity index (χ2n) is 7.19. The van der Waals surface area contributed by atoms with E-state index >= 15 is 0 Å². The van der Waals surface area contributed by atoms with Crippen LogP contribution in [0, 0.1) is 6.92 Å². The summed E-state index contributed by atoms with van der Waals surface area (Å²) >= 11 is 0. The third-order valence-electron chi connectivity index (χ3n) is 5.14. The topological polar surface area (TPSA) is 110 Å². The SMILES string of the molecule is Cc1oc(C(=O)NCc2ccccc2Cn2cncn2)cc1S(=O)(=O)N1CCCC1. The predicted octanol–water partition coefficient (Wildman–Crippen LogP) is 1.94. The average molecular weight is 430 g/mol. The molecule has 1 aromatic carbocycles. The smallest absolute Gasteiger partial charge is 0.287 e. The van der Waals surface area contributed by atoms with Crippen LogP contribution in [0.3, 0.4) is 0 Å². The van der Waals surface area contributed by atoms with Gasteiger partial charge >= 0.3 is 0 Å². The van der Waals surface area contributed by atoms with Crippen LogP contribution in [0.5, 0.6) is 0 Å². The average Bonchev–Trinajstić information content (AvgIpc) is 3.49. The van der Waals surface area contributed by atoms with E-state index < -0.39 is 15.9 Å². The zero-order valence-electron chi connectivity index (χ0n) is 16.6. The molecule has 0 bridgehead atoms. The fourth-order valence-electron chi connectivity index (χ4n) is 3.54. The third-order valence-corrected chi connectivity index (χ3v) is 7.14. The number of carbonyl (C=O) groups is 1. The largest absolute Gasteiger partial charge is 0.455 e. The minimum Gasteiger partial charge on any atom is -0.455 e. The van der Waals surface area contributed by atoms with Crippen LogP contribution in [0.2, 0.25) is 0 Å². The molecule has 0 atom stereocenters. The summed E-state index contributed by atoms with van der Waals surface area (Å²) in [5, 5.41) is 6.92. The first-order valence-corrected chi connectivity index (χ1v) is 11.2. The van der Waals surface area contributed by atoms with E-state index in [-0.39, 0.29) is 23.0 Å². The fraction of sp³-hybridized carbons (Fsp3) is 0.350. The van der Waals surface area contributed by atoms with E-state index in [1.165, 1.54) is 16.7 Å². The summed E-state index contributed by atoms with van der Waals surface area (Å²) in [5.74, 6) is -0.255. The van der Waals surface area contributed by atoms with Gasteiger partial charge in [0, 0.05) is 25.7 Å². The molecule has 3 heterocycles. The second-order valence-corrected chi connectivity index (χ2v) is 9.09. The van der Waals surface area contributed by atoms with Crippen molar-refractivity contribution in [3.63, 3.8) is 0 Å². The minimum atomic E-state index is -3.64. The van der Waals surface area contributed by atoms with Crippen LogP contribution in [-0.2, 0) is 23.1 Å². The molecule has 1 amide bonds. The van der Waals surface area contributed by atoms with Gasteiger partial charge in [-0.1, -0.05) is 24.3 Å². The highest BCUT2D eigenvalue weighted by atomic mass is 32.2. The molecule has 0 unspecified atom stereocenters. The van der Waals surface area contributed by atoms with Crippen LogP contribution in [0.25, 0.3) is 0 Å². The van der Waals surface area contributed by atoms with Gasteiger partial charge < -0.3 is 9.73 Å². The molecule has 1 fully saturated rings. The minimum absolute atomic E-state index is 0.0148. The molecule has 1 aliphatic rings. The van der Waals surface area contributed by atoms with Crippen molar-refractivity contribution in [3.8, 4) is 0 Å². The zero-order valence-corrected chi connectivity index (χ0v) is 17.4. The quantitative estimate of drug-likeness (QED) is 0.615. The number of nitrogens with zero attached hydrogens (tertiary/aromatic N) is 4. The number of amides is 1. The molecule has 1 saturated heterocycles. The molecule has 0 aliphatic carbocycles. The van der Waals surface area contributed by atoms with E-state index in [0.717, 1.165) is 24.0 Å². The Bertz CT molecular complexity index is 1130. The van der Waals surface area contributed by atoms with E-state index in [2.05, 4.69) is 15.4 Å². The van der Waals surface area contributed by atoms with Gasteiger partial charge in [-0.25, -0.2) is 18.1 Å². The first kappa shape index (κ1) is 20.3. The predicted molar refractivity (Wildman–Crippen MR) is 108 cm³/mol. The summed E-state index contributed by atoms with van der Waals surface area (Å²) in [7, 11) is -3.64. The van der Waals surface area contributed by atoms with Gasteiger partial charge in [-0.15, -0.1) is 0 Å². The number of hydrogen-bond donors (Lipinski definition) is 1. The van der Waals surface area contributed by atoms with Crippen LogP contribution < -0.4 is 5.32 Å². The van der Waals surface area contributed by atoms with Gasteiger partial charge in [-0.3, -0.25) is 4.79 Å². The van der Waals surface area contributed by atoms with Crippen molar-refractivity contribution in [1.82, 2.24) is 24.4 Å². The molecule has 9 nitrogen and oxygen atoms in total. The third kappa shape index (κ3) is 4.14. The van der Waals surface area contributed by atoms with Crippen LogP contribution in [0.1, 0.15) is 40.3 Å². The molecule has 0 spiro atoms. The standard InChI is InChI=1S/C20H23N5O4S/c1-15-19(30(27,28)25-8-4-5-9-25)10-18(29-15)20(26)22-11-16-6-2-3-7-17(16)12-24-14-21-13-23-24/h2-3,6-7,10,13-14H,4-5,8-9,11-12H2,1H3,(H,22,26). The van der Waals surface area contributed by atoms with Gasteiger partial charge in [-0.05, 0) is 30.9 Å². The highest BCUT2D eigenvalue weighted by molar-refractivity contribution is 7.89. The number of sulfonamides is 1. The van der Waals surface area contributed by atoms with Crippen molar-refractivity contribution in [2.75, 3.05) is 13.1 Å². The molecule has 1 N–H and O–H groups in total. The normalized spacial score (nSPS) is 14.8. The number of aromatic nitrogens is 3. The maximum absolute atomic E-state index is 12.8. The van der Waals surface area contributed by atoms with Crippen molar-refractivity contribution in [2.24, 2.45) is 0 Å². The van der Waals surface area contributed by atoms with Crippen LogP contribution in [0.4, 0.5) is 0 Å². The zero-order chi connectivity index (χ0) is 21.1. The molecule has 0 saturated carbocycles. The summed E-state index contributed by atoms with van der Waals surface area (Å²) in [5.41, 5.74) is 1.92. The Morgan fingerprint density at radius 1 is 1.20 bits per heavy atom. The summed E-state index contributed by atoms with van der Waals surface area (Å²) in [6.45, 7) is 3.36. The number of nitrogens with one attached hydrogen (secondary N) is 1. The summed E-state index contributed by atoms with van der Waals surface area (Å²) in [6.07, 6.45) is 4.79. The molecular formula is C20H23N5O4S. The molecule has 3 aromatic rings. The van der Waals surface area contributed by atoms with Crippen molar-refractivity contribution in [2.45, 2.75) is 37.8 Å². The fourth-order valence-corrected chi connectivity index (χ4v) is 5.21. The highest BCUT2D eigenvalue weighted by Crippen LogP contribution is 2.26. The second kappa shape index (κ2) is 8.41. The Labute approximate surface area is 174 Å². The molecule has 4 rings (SSSR count). The van der Waals surface area contributed by atoms with Gasteiger partial charge in [-0.2, -0.15) is 9.40 Å². The highest BCUT2D eigenvalue weighted by Gasteiger charge is 2.31. The van der Waals surface area contributed by atoms with Crippen molar-refractivity contribution >= 4 is 15.9 Å². The van der Waals surface area contributed by atoms with Crippen LogP contribution in [-0.4, -0.2) is 46.5 Å². The maximum atomic E-state index is 12.8. The number of benzene rings is 1. The van der Waals surface area contributed by atoms with Crippen molar-refractivity contribution in [1.29, 1.82) is 0 Å². The Balaban J connectivity index is 1.47. The van der Waals surface area contributed by atoms with Crippen molar-refractivity contribution in [3.05, 3.63) is 65.6 Å². The molecule has 30 heavy (non-hydrogen) atoms. The molecule has 0 radical (unpaired) electrons. The lowest BCUT2D eigenvalue weighted by Crippen LogP contribution is -2.28. The molecule has 10 heteroatoms. The van der Waals surface area contributed by atoms with Gasteiger partial charge in [0.15, 0.2) is 5.76 Å². The van der Waals surface area contributed by atoms with E-state index in [9.17, 15) is 13.2 Å². The Morgan fingerprint density at radius 3 is 2.63 bits per heavy atom. The molecule has 2 aromatic heterocycles. The van der Waals surface area contributed by atoms with Gasteiger partial charge in [0.2, 0.25) is 10.0 Å². The molecule has 158 valence electrons. The lowest BCUT2D eigenvalue weighted by atomic mass is 10.1. The van der Waals surface area contributed by atoms with Crippen LogP contribution in [0.15, 0.2) is 52.3 Å². The summed E-state index contributed by atoms with van der Waals surface area (Å²) in [6, 6.07) is 9.01. The van der Waals surface area contributed by atoms with E-state index in [4.69, 9.17) is 4.42 Å². The first-order valence-electron chi connectivity index (χ1n) is 9.73. The summed E-state index contributed by atoms with van der Waals surface area (Å²) in [4.78, 5) is 16.6. The molecule has 1 aliphatic heterocycles. The van der Waals surface area contributed by atoms with Crippen LogP contribution >= 0.6 is 0 Å². The Hall–Kier alpha value is -2.98. The maximum Gasteiger partial charge on any atom is 0.287 e. The number of furan rings is 1.